The average Bonchev–Trinajstić information content (AvgIpc) is 2.20. The molecule has 0 heterocycles. The van der Waals surface area contributed by atoms with E-state index in [1.54, 1.807) is 0 Å². The summed E-state index contributed by atoms with van der Waals surface area (Å²) in [5.41, 5.74) is 2.78. The Morgan fingerprint density at radius 3 is 2.79 bits per heavy atom. The Labute approximate surface area is 100 Å². The number of benzene rings is 1. The maximum absolute atomic E-state index is 3.51. The molecule has 2 heteroatoms. The monoisotopic (exact) mass is 303 g/mol. The first-order valence-electron chi connectivity index (χ1n) is 5.12. The first-order chi connectivity index (χ1) is 6.65. The predicted octanol–water partition coefficient (Wildman–Crippen LogP) is 3.49. The molecule has 1 rings (SSSR count). The zero-order valence-electron chi connectivity index (χ0n) is 9.10. The molecule has 1 N–H and O–H groups in total. The Morgan fingerprint density at radius 2 is 2.14 bits per heavy atom. The topological polar surface area (TPSA) is 12.0 Å². The van der Waals surface area contributed by atoms with Crippen molar-refractivity contribution in [2.24, 2.45) is 0 Å². The van der Waals surface area contributed by atoms with E-state index >= 15 is 0 Å². The second kappa shape index (κ2) is 5.71. The van der Waals surface area contributed by atoms with Gasteiger partial charge in [0.25, 0.3) is 0 Å². The van der Waals surface area contributed by atoms with E-state index in [0.717, 1.165) is 6.54 Å². The second-order valence-electron chi connectivity index (χ2n) is 3.74. The van der Waals surface area contributed by atoms with Gasteiger partial charge in [0.1, 0.15) is 0 Å². The lowest BCUT2D eigenvalue weighted by atomic mass is 10.1. The maximum Gasteiger partial charge on any atom is 0.0218 e. The van der Waals surface area contributed by atoms with Crippen molar-refractivity contribution >= 4 is 22.6 Å². The van der Waals surface area contributed by atoms with Crippen molar-refractivity contribution in [3.05, 3.63) is 32.9 Å². The van der Waals surface area contributed by atoms with E-state index in [4.69, 9.17) is 0 Å². The Hall–Kier alpha value is -0.0900. The molecule has 0 saturated heterocycles. The molecule has 0 spiro atoms. The van der Waals surface area contributed by atoms with Crippen LogP contribution in [0.15, 0.2) is 18.2 Å². The molecular formula is C12H18IN. The summed E-state index contributed by atoms with van der Waals surface area (Å²) in [4.78, 5) is 0. The Balaban J connectivity index is 2.63. The van der Waals surface area contributed by atoms with Gasteiger partial charge in [-0.25, -0.2) is 0 Å². The quantitative estimate of drug-likeness (QED) is 0.840. The summed E-state index contributed by atoms with van der Waals surface area (Å²) in [6.45, 7) is 7.57. The van der Waals surface area contributed by atoms with Crippen molar-refractivity contribution in [3.8, 4) is 0 Å². The van der Waals surface area contributed by atoms with Crippen molar-refractivity contribution in [1.29, 1.82) is 0 Å². The summed E-state index contributed by atoms with van der Waals surface area (Å²) in [6.07, 6.45) is 1.18. The normalized spacial score (nSPS) is 12.9. The van der Waals surface area contributed by atoms with Gasteiger partial charge in [-0.2, -0.15) is 0 Å². The number of hydrogen-bond donors (Lipinski definition) is 1. The van der Waals surface area contributed by atoms with E-state index in [9.17, 15) is 0 Å². The minimum atomic E-state index is 0.603. The molecule has 0 aliphatic carbocycles. The highest BCUT2D eigenvalue weighted by molar-refractivity contribution is 14.1. The SMILES string of the molecule is CCC(C)NCc1cccc(C)c1I. The minimum Gasteiger partial charge on any atom is -0.310 e. The highest BCUT2D eigenvalue weighted by Gasteiger charge is 2.03. The van der Waals surface area contributed by atoms with Crippen LogP contribution in [0.1, 0.15) is 31.4 Å². The van der Waals surface area contributed by atoms with Crippen molar-refractivity contribution in [2.45, 2.75) is 39.8 Å². The third kappa shape index (κ3) is 3.24. The Bertz CT molecular complexity index is 296. The second-order valence-corrected chi connectivity index (χ2v) is 4.82. The van der Waals surface area contributed by atoms with Gasteiger partial charge in [-0.05, 0) is 54.0 Å². The van der Waals surface area contributed by atoms with Gasteiger partial charge in [0, 0.05) is 16.2 Å². The molecule has 0 saturated carbocycles. The molecule has 1 aromatic carbocycles. The molecule has 0 bridgehead atoms. The molecule has 1 nitrogen and oxygen atoms in total. The number of rotatable bonds is 4. The van der Waals surface area contributed by atoms with Crippen LogP contribution in [-0.2, 0) is 6.54 Å². The van der Waals surface area contributed by atoms with E-state index in [1.165, 1.54) is 21.1 Å². The van der Waals surface area contributed by atoms with Crippen molar-refractivity contribution in [1.82, 2.24) is 5.32 Å². The van der Waals surface area contributed by atoms with Crippen LogP contribution in [0, 0.1) is 10.5 Å². The molecule has 1 aromatic rings. The first-order valence-corrected chi connectivity index (χ1v) is 6.20. The van der Waals surface area contributed by atoms with E-state index in [2.05, 4.69) is 66.9 Å². The summed E-state index contributed by atoms with van der Waals surface area (Å²) < 4.78 is 1.39. The predicted molar refractivity (Wildman–Crippen MR) is 70.5 cm³/mol. The summed E-state index contributed by atoms with van der Waals surface area (Å²) in [5.74, 6) is 0. The standard InChI is InChI=1S/C12H18IN/c1-4-10(3)14-8-11-7-5-6-9(2)12(11)13/h5-7,10,14H,4,8H2,1-3H3. The van der Waals surface area contributed by atoms with Gasteiger partial charge < -0.3 is 5.32 Å². The molecule has 78 valence electrons. The molecular weight excluding hydrogens is 285 g/mol. The lowest BCUT2D eigenvalue weighted by molar-refractivity contribution is 0.533. The summed E-state index contributed by atoms with van der Waals surface area (Å²) in [6, 6.07) is 7.09. The van der Waals surface area contributed by atoms with Crippen LogP contribution >= 0.6 is 22.6 Å². The third-order valence-corrected chi connectivity index (χ3v) is 4.07. The Kier molecular flexibility index (Phi) is 4.89. The molecule has 0 radical (unpaired) electrons. The van der Waals surface area contributed by atoms with Gasteiger partial charge in [0.05, 0.1) is 0 Å². The molecule has 0 aliphatic rings. The average molecular weight is 303 g/mol. The van der Waals surface area contributed by atoms with Crippen LogP contribution in [0.2, 0.25) is 0 Å². The zero-order valence-corrected chi connectivity index (χ0v) is 11.3. The lowest BCUT2D eigenvalue weighted by Gasteiger charge is -2.13. The molecule has 1 unspecified atom stereocenters. The third-order valence-electron chi connectivity index (χ3n) is 2.53. The van der Waals surface area contributed by atoms with Crippen molar-refractivity contribution in [3.63, 3.8) is 0 Å². The summed E-state index contributed by atoms with van der Waals surface area (Å²) >= 11 is 2.42. The summed E-state index contributed by atoms with van der Waals surface area (Å²) in [5, 5.41) is 3.51. The van der Waals surface area contributed by atoms with Crippen LogP contribution in [0.3, 0.4) is 0 Å². The number of halogens is 1. The number of hydrogen-bond acceptors (Lipinski definition) is 1. The largest absolute Gasteiger partial charge is 0.310 e. The molecule has 0 aliphatic heterocycles. The minimum absolute atomic E-state index is 0.603. The van der Waals surface area contributed by atoms with E-state index in [1.807, 2.05) is 0 Å². The van der Waals surface area contributed by atoms with Crippen LogP contribution in [0.25, 0.3) is 0 Å². The van der Waals surface area contributed by atoms with Crippen LogP contribution in [-0.4, -0.2) is 6.04 Å². The fourth-order valence-corrected chi connectivity index (χ4v) is 1.82. The number of aryl methyl sites for hydroxylation is 1. The van der Waals surface area contributed by atoms with Gasteiger partial charge in [-0.3, -0.25) is 0 Å². The number of nitrogens with one attached hydrogen (secondary N) is 1. The maximum atomic E-state index is 3.51. The van der Waals surface area contributed by atoms with Gasteiger partial charge in [0.2, 0.25) is 0 Å². The van der Waals surface area contributed by atoms with Gasteiger partial charge in [0.15, 0.2) is 0 Å². The highest BCUT2D eigenvalue weighted by Crippen LogP contribution is 2.16. The van der Waals surface area contributed by atoms with E-state index < -0.39 is 0 Å². The summed E-state index contributed by atoms with van der Waals surface area (Å²) in [7, 11) is 0. The fourth-order valence-electron chi connectivity index (χ4n) is 1.27. The smallest absolute Gasteiger partial charge is 0.0218 e. The highest BCUT2D eigenvalue weighted by atomic mass is 127. The zero-order chi connectivity index (χ0) is 10.6. The Morgan fingerprint density at radius 1 is 1.43 bits per heavy atom. The van der Waals surface area contributed by atoms with E-state index in [-0.39, 0.29) is 0 Å². The van der Waals surface area contributed by atoms with Crippen molar-refractivity contribution in [2.75, 3.05) is 0 Å². The molecule has 0 aromatic heterocycles. The van der Waals surface area contributed by atoms with Crippen LogP contribution < -0.4 is 5.32 Å². The van der Waals surface area contributed by atoms with Crippen LogP contribution in [0.4, 0.5) is 0 Å². The molecule has 1 atom stereocenters. The van der Waals surface area contributed by atoms with Crippen molar-refractivity contribution < 1.29 is 0 Å². The first kappa shape index (κ1) is 12.0. The molecule has 0 fully saturated rings. The lowest BCUT2D eigenvalue weighted by Crippen LogP contribution is -2.24. The van der Waals surface area contributed by atoms with Crippen LogP contribution in [0.5, 0.6) is 0 Å². The van der Waals surface area contributed by atoms with E-state index in [0.29, 0.717) is 6.04 Å². The van der Waals surface area contributed by atoms with Gasteiger partial charge >= 0.3 is 0 Å². The molecule has 14 heavy (non-hydrogen) atoms. The van der Waals surface area contributed by atoms with Gasteiger partial charge in [-0.15, -0.1) is 0 Å². The molecule has 0 amide bonds. The van der Waals surface area contributed by atoms with Gasteiger partial charge in [-0.1, -0.05) is 25.1 Å². The fraction of sp³-hybridized carbons (Fsp3) is 0.500.